The molecule has 1 aromatic carbocycles. The Labute approximate surface area is 156 Å². The number of halogens is 2. The maximum atomic E-state index is 13.0. The molecule has 0 bridgehead atoms. The van der Waals surface area contributed by atoms with Gasteiger partial charge < -0.3 is 9.64 Å². The van der Waals surface area contributed by atoms with Gasteiger partial charge in [-0.25, -0.2) is 4.79 Å². The number of esters is 1. The Morgan fingerprint density at radius 3 is 2.71 bits per heavy atom. The number of methoxy groups -OCH3 is 1. The van der Waals surface area contributed by atoms with Crippen LogP contribution in [-0.2, 0) is 9.53 Å². The van der Waals surface area contributed by atoms with Gasteiger partial charge in [-0.1, -0.05) is 49.4 Å². The fourth-order valence-corrected chi connectivity index (χ4v) is 4.67. The quantitative estimate of drug-likeness (QED) is 0.525. The number of rotatable bonds is 6. The van der Waals surface area contributed by atoms with Gasteiger partial charge >= 0.3 is 5.97 Å². The molecule has 1 fully saturated rings. The summed E-state index contributed by atoms with van der Waals surface area (Å²) in [5.74, 6) is -0.0991. The van der Waals surface area contributed by atoms with Crippen molar-refractivity contribution < 1.29 is 14.3 Å². The molecular weight excluding hydrogens is 369 g/mol. The minimum atomic E-state index is -0.578. The predicted molar refractivity (Wildman–Crippen MR) is 98.8 cm³/mol. The minimum Gasteiger partial charge on any atom is -0.467 e. The van der Waals surface area contributed by atoms with E-state index in [0.29, 0.717) is 21.4 Å². The lowest BCUT2D eigenvalue weighted by Gasteiger charge is -2.28. The Morgan fingerprint density at radius 2 is 2.08 bits per heavy atom. The highest BCUT2D eigenvalue weighted by Gasteiger charge is 2.42. The van der Waals surface area contributed by atoms with Crippen LogP contribution in [-0.4, -0.2) is 41.1 Å². The van der Waals surface area contributed by atoms with Crippen LogP contribution in [0.15, 0.2) is 18.2 Å². The predicted octanol–water partition coefficient (Wildman–Crippen LogP) is 4.63. The van der Waals surface area contributed by atoms with Crippen molar-refractivity contribution >= 4 is 46.8 Å². The second-order valence-electron chi connectivity index (χ2n) is 5.66. The van der Waals surface area contributed by atoms with E-state index in [-0.39, 0.29) is 17.3 Å². The second-order valence-corrected chi connectivity index (χ2v) is 7.71. The van der Waals surface area contributed by atoms with Gasteiger partial charge in [0.2, 0.25) is 0 Å². The van der Waals surface area contributed by atoms with Gasteiger partial charge in [-0.15, -0.1) is 11.8 Å². The summed E-state index contributed by atoms with van der Waals surface area (Å²) < 4.78 is 4.87. The molecular formula is C17H21Cl2NO3S. The first-order valence-electron chi connectivity index (χ1n) is 7.96. The van der Waals surface area contributed by atoms with Gasteiger partial charge in [0.25, 0.3) is 5.91 Å². The SMILES string of the molecule is CCCCCC1SCC(C(=O)OC)N1C(=O)c1ccc(Cl)cc1Cl. The maximum Gasteiger partial charge on any atom is 0.329 e. The minimum absolute atomic E-state index is 0.0418. The van der Waals surface area contributed by atoms with E-state index < -0.39 is 6.04 Å². The van der Waals surface area contributed by atoms with Crippen molar-refractivity contribution in [2.24, 2.45) is 0 Å². The molecule has 1 heterocycles. The first-order chi connectivity index (χ1) is 11.5. The zero-order chi connectivity index (χ0) is 17.7. The average molecular weight is 390 g/mol. The third-order valence-corrected chi connectivity index (χ3v) is 5.92. The molecule has 0 spiro atoms. The number of carbonyl (C=O) groups excluding carboxylic acids is 2. The van der Waals surface area contributed by atoms with E-state index in [0.717, 1.165) is 25.7 Å². The molecule has 132 valence electrons. The Bertz CT molecular complexity index is 611. The molecule has 4 nitrogen and oxygen atoms in total. The number of benzene rings is 1. The van der Waals surface area contributed by atoms with Crippen LogP contribution in [0.2, 0.25) is 10.0 Å². The average Bonchev–Trinajstić information content (AvgIpc) is 2.97. The summed E-state index contributed by atoms with van der Waals surface area (Å²) in [4.78, 5) is 26.7. The fraction of sp³-hybridized carbons (Fsp3) is 0.529. The Balaban J connectivity index is 2.26. The molecule has 1 aromatic rings. The highest BCUT2D eigenvalue weighted by molar-refractivity contribution is 8.00. The zero-order valence-corrected chi connectivity index (χ0v) is 16.1. The molecule has 2 unspecified atom stereocenters. The number of hydrogen-bond donors (Lipinski definition) is 0. The van der Waals surface area contributed by atoms with Crippen LogP contribution in [0.1, 0.15) is 43.0 Å². The van der Waals surface area contributed by atoms with Crippen LogP contribution in [0.4, 0.5) is 0 Å². The first-order valence-corrected chi connectivity index (χ1v) is 9.77. The van der Waals surface area contributed by atoms with Crippen molar-refractivity contribution in [1.82, 2.24) is 4.90 Å². The van der Waals surface area contributed by atoms with Crippen molar-refractivity contribution in [3.8, 4) is 0 Å². The molecule has 0 aromatic heterocycles. The summed E-state index contributed by atoms with van der Waals surface area (Å²) in [5, 5.41) is 0.719. The summed E-state index contributed by atoms with van der Waals surface area (Å²) >= 11 is 13.7. The molecule has 1 saturated heterocycles. The van der Waals surface area contributed by atoms with Crippen LogP contribution < -0.4 is 0 Å². The molecule has 1 aliphatic heterocycles. The third kappa shape index (κ3) is 4.38. The maximum absolute atomic E-state index is 13.0. The normalized spacial score (nSPS) is 20.2. The van der Waals surface area contributed by atoms with Crippen molar-refractivity contribution in [2.75, 3.05) is 12.9 Å². The number of hydrogen-bond acceptors (Lipinski definition) is 4. The van der Waals surface area contributed by atoms with Gasteiger partial charge in [-0.3, -0.25) is 4.79 Å². The van der Waals surface area contributed by atoms with E-state index in [1.54, 1.807) is 34.9 Å². The van der Waals surface area contributed by atoms with Crippen molar-refractivity contribution in [3.63, 3.8) is 0 Å². The summed E-state index contributed by atoms with van der Waals surface area (Å²) in [5.41, 5.74) is 0.359. The van der Waals surface area contributed by atoms with E-state index in [1.165, 1.54) is 7.11 Å². The number of ether oxygens (including phenoxy) is 1. The van der Waals surface area contributed by atoms with Gasteiger partial charge in [0, 0.05) is 10.8 Å². The molecule has 1 aliphatic rings. The van der Waals surface area contributed by atoms with Crippen LogP contribution in [0, 0.1) is 0 Å². The standard InChI is InChI=1S/C17H21Cl2NO3S/c1-3-4-5-6-15-20(14(10-24-15)17(22)23-2)16(21)12-8-7-11(18)9-13(12)19/h7-9,14-15H,3-6,10H2,1-2H3. The van der Waals surface area contributed by atoms with E-state index in [9.17, 15) is 9.59 Å². The van der Waals surface area contributed by atoms with Crippen molar-refractivity contribution in [3.05, 3.63) is 33.8 Å². The summed E-state index contributed by atoms with van der Waals surface area (Å²) in [6.45, 7) is 2.13. The lowest BCUT2D eigenvalue weighted by atomic mass is 10.1. The van der Waals surface area contributed by atoms with Crippen LogP contribution in [0.5, 0.6) is 0 Å². The van der Waals surface area contributed by atoms with Crippen LogP contribution in [0.25, 0.3) is 0 Å². The molecule has 2 rings (SSSR count). The fourth-order valence-electron chi connectivity index (χ4n) is 2.75. The molecule has 0 radical (unpaired) electrons. The molecule has 0 aliphatic carbocycles. The Kier molecular flexibility index (Phi) is 7.26. The van der Waals surface area contributed by atoms with E-state index in [1.807, 2.05) is 0 Å². The first kappa shape index (κ1) is 19.4. The zero-order valence-electron chi connectivity index (χ0n) is 13.8. The Morgan fingerprint density at radius 1 is 1.33 bits per heavy atom. The van der Waals surface area contributed by atoms with E-state index >= 15 is 0 Å². The molecule has 1 amide bonds. The number of carbonyl (C=O) groups is 2. The number of nitrogens with zero attached hydrogens (tertiary/aromatic N) is 1. The lowest BCUT2D eigenvalue weighted by Crippen LogP contribution is -2.46. The highest BCUT2D eigenvalue weighted by Crippen LogP contribution is 2.35. The van der Waals surface area contributed by atoms with Gasteiger partial charge in [-0.05, 0) is 24.6 Å². The van der Waals surface area contributed by atoms with Crippen molar-refractivity contribution in [1.29, 1.82) is 0 Å². The van der Waals surface area contributed by atoms with E-state index in [2.05, 4.69) is 6.92 Å². The highest BCUT2D eigenvalue weighted by atomic mass is 35.5. The molecule has 24 heavy (non-hydrogen) atoms. The second kappa shape index (κ2) is 8.97. The van der Waals surface area contributed by atoms with Gasteiger partial charge in [0.15, 0.2) is 0 Å². The largest absolute Gasteiger partial charge is 0.467 e. The summed E-state index contributed by atoms with van der Waals surface area (Å²) in [6, 6.07) is 4.20. The lowest BCUT2D eigenvalue weighted by molar-refractivity contribution is -0.145. The van der Waals surface area contributed by atoms with Gasteiger partial charge in [0.05, 0.1) is 23.1 Å². The van der Waals surface area contributed by atoms with Crippen LogP contribution in [0.3, 0.4) is 0 Å². The number of unbranched alkanes of at least 4 members (excludes halogenated alkanes) is 2. The Hall–Kier alpha value is -0.910. The summed E-state index contributed by atoms with van der Waals surface area (Å²) in [7, 11) is 1.34. The van der Waals surface area contributed by atoms with Crippen LogP contribution >= 0.6 is 35.0 Å². The molecule has 2 atom stereocenters. The monoisotopic (exact) mass is 389 g/mol. The number of amides is 1. The smallest absolute Gasteiger partial charge is 0.329 e. The summed E-state index contributed by atoms with van der Waals surface area (Å²) in [6.07, 6.45) is 4.07. The third-order valence-electron chi connectivity index (χ3n) is 4.02. The molecule has 0 N–H and O–H groups in total. The van der Waals surface area contributed by atoms with Crippen molar-refractivity contribution in [2.45, 2.75) is 44.0 Å². The van der Waals surface area contributed by atoms with Gasteiger partial charge in [0.1, 0.15) is 6.04 Å². The molecule has 7 heteroatoms. The van der Waals surface area contributed by atoms with E-state index in [4.69, 9.17) is 27.9 Å². The number of thioether (sulfide) groups is 1. The molecule has 0 saturated carbocycles. The van der Waals surface area contributed by atoms with Gasteiger partial charge in [-0.2, -0.15) is 0 Å². The topological polar surface area (TPSA) is 46.6 Å².